The van der Waals surface area contributed by atoms with Gasteiger partial charge in [0.05, 0.1) is 17.0 Å². The van der Waals surface area contributed by atoms with Gasteiger partial charge in [0.2, 0.25) is 5.91 Å². The summed E-state index contributed by atoms with van der Waals surface area (Å²) in [6, 6.07) is -0.420. The number of carboxylic acids is 1. The van der Waals surface area contributed by atoms with Gasteiger partial charge in [-0.1, -0.05) is 0 Å². The number of aliphatic carboxylic acids is 1. The molecular weight excluding hydrogens is 272 g/mol. The van der Waals surface area contributed by atoms with Gasteiger partial charge in [-0.15, -0.1) is 0 Å². The number of nitrogens with one attached hydrogen (secondary N) is 2. The smallest absolute Gasteiger partial charge is 0.330 e. The molecule has 2 aliphatic heterocycles. The summed E-state index contributed by atoms with van der Waals surface area (Å²) in [7, 11) is -3.44. The Morgan fingerprint density at radius 2 is 2.16 bits per heavy atom. The van der Waals surface area contributed by atoms with Crippen LogP contribution in [0.1, 0.15) is 12.8 Å². The molecule has 105 valence electrons. The fraction of sp³-hybridized carbons (Fsp3) is 0.727. The summed E-state index contributed by atoms with van der Waals surface area (Å²) in [4.78, 5) is 23.5. The van der Waals surface area contributed by atoms with Crippen LogP contribution in [0.25, 0.3) is 0 Å². The third kappa shape index (κ3) is 1.85. The SMILES string of the molecule is O=C(N[C@@]1(C(=O)O)CS(=O)(=O)[C@H]2[CH][C@H]21)[C@@H]1CCCN1. The van der Waals surface area contributed by atoms with E-state index in [1.165, 1.54) is 6.42 Å². The molecule has 4 atom stereocenters. The van der Waals surface area contributed by atoms with Crippen molar-refractivity contribution in [3.63, 3.8) is 0 Å². The first kappa shape index (κ1) is 12.9. The molecule has 1 amide bonds. The van der Waals surface area contributed by atoms with Crippen LogP contribution in [0.3, 0.4) is 0 Å². The molecule has 3 rings (SSSR count). The van der Waals surface area contributed by atoms with Crippen molar-refractivity contribution in [3.8, 4) is 0 Å². The lowest BCUT2D eigenvalue weighted by Crippen LogP contribution is -2.61. The second-order valence-electron chi connectivity index (χ2n) is 5.40. The van der Waals surface area contributed by atoms with E-state index in [4.69, 9.17) is 0 Å². The first-order valence-corrected chi connectivity index (χ1v) is 7.94. The quantitative estimate of drug-likeness (QED) is 0.571. The average Bonchev–Trinajstić information content (AvgIpc) is 2.88. The molecule has 1 aliphatic carbocycles. The number of carbonyl (C=O) groups is 2. The normalized spacial score (nSPS) is 42.6. The van der Waals surface area contributed by atoms with Crippen molar-refractivity contribution in [1.29, 1.82) is 0 Å². The summed E-state index contributed by atoms with van der Waals surface area (Å²) in [6.45, 7) is 0.717. The standard InChI is InChI=1S/C11H15N2O5S/c14-9(7-2-1-3-12-7)13-11(10(15)16)5-19(17,18)8-4-6(8)11/h4,6-8,12H,1-3,5H2,(H,13,14)(H,15,16)/t6-,7+,8+,11+/m1/s1. The molecule has 3 aliphatic rings. The topological polar surface area (TPSA) is 113 Å². The molecule has 1 saturated carbocycles. The Hall–Kier alpha value is -1.15. The van der Waals surface area contributed by atoms with Gasteiger partial charge in [0.15, 0.2) is 15.4 Å². The van der Waals surface area contributed by atoms with Crippen molar-refractivity contribution in [2.75, 3.05) is 12.3 Å². The zero-order valence-corrected chi connectivity index (χ0v) is 10.9. The molecule has 2 heterocycles. The van der Waals surface area contributed by atoms with E-state index in [9.17, 15) is 23.1 Å². The zero-order chi connectivity index (χ0) is 13.8. The third-order valence-corrected chi connectivity index (χ3v) is 6.26. The fourth-order valence-corrected chi connectivity index (χ4v) is 5.33. The number of amides is 1. The molecule has 0 aromatic heterocycles. The molecule has 1 radical (unpaired) electrons. The van der Waals surface area contributed by atoms with Crippen molar-refractivity contribution < 1.29 is 23.1 Å². The van der Waals surface area contributed by atoms with Crippen LogP contribution in [-0.2, 0) is 19.4 Å². The molecule has 19 heavy (non-hydrogen) atoms. The van der Waals surface area contributed by atoms with Gasteiger partial charge in [-0.2, -0.15) is 0 Å². The van der Waals surface area contributed by atoms with Gasteiger partial charge in [-0.25, -0.2) is 13.2 Å². The lowest BCUT2D eigenvalue weighted by atomic mass is 9.95. The van der Waals surface area contributed by atoms with E-state index >= 15 is 0 Å². The monoisotopic (exact) mass is 287 g/mol. The molecule has 0 unspecified atom stereocenters. The minimum Gasteiger partial charge on any atom is -0.479 e. The van der Waals surface area contributed by atoms with Gasteiger partial charge in [-0.05, 0) is 25.8 Å². The number of sulfone groups is 1. The first-order chi connectivity index (χ1) is 8.87. The second kappa shape index (κ2) is 3.92. The molecule has 0 aromatic carbocycles. The Kier molecular flexibility index (Phi) is 2.66. The molecule has 2 saturated heterocycles. The van der Waals surface area contributed by atoms with E-state index in [0.29, 0.717) is 13.0 Å². The van der Waals surface area contributed by atoms with Crippen LogP contribution in [0.2, 0.25) is 0 Å². The predicted molar refractivity (Wildman–Crippen MR) is 64.9 cm³/mol. The first-order valence-electron chi connectivity index (χ1n) is 6.22. The van der Waals surface area contributed by atoms with Gasteiger partial charge >= 0.3 is 5.97 Å². The number of hydrogen-bond donors (Lipinski definition) is 3. The largest absolute Gasteiger partial charge is 0.479 e. The minimum absolute atomic E-state index is 0.420. The molecule has 0 bridgehead atoms. The van der Waals surface area contributed by atoms with Crippen LogP contribution in [0.4, 0.5) is 0 Å². The Bertz CT molecular complexity index is 539. The lowest BCUT2D eigenvalue weighted by Gasteiger charge is -2.28. The Balaban J connectivity index is 1.83. The summed E-state index contributed by atoms with van der Waals surface area (Å²) < 4.78 is 23.5. The molecule has 0 spiro atoms. The molecular formula is C11H15N2O5S. The number of fused-ring (bicyclic) bond motifs is 1. The van der Waals surface area contributed by atoms with Crippen LogP contribution in [-0.4, -0.2) is 54.5 Å². The Morgan fingerprint density at radius 3 is 2.58 bits per heavy atom. The van der Waals surface area contributed by atoms with Crippen LogP contribution in [0.15, 0.2) is 0 Å². The number of rotatable bonds is 3. The summed E-state index contributed by atoms with van der Waals surface area (Å²) in [5.74, 6) is -2.81. The predicted octanol–water partition coefficient (Wildman–Crippen LogP) is -1.69. The Labute approximate surface area is 110 Å². The van der Waals surface area contributed by atoms with E-state index in [0.717, 1.165) is 6.42 Å². The van der Waals surface area contributed by atoms with Crippen molar-refractivity contribution in [3.05, 3.63) is 6.42 Å². The van der Waals surface area contributed by atoms with E-state index in [2.05, 4.69) is 10.6 Å². The maximum absolute atomic E-state index is 12.0. The number of hydrogen-bond acceptors (Lipinski definition) is 5. The highest BCUT2D eigenvalue weighted by Gasteiger charge is 2.71. The highest BCUT2D eigenvalue weighted by atomic mass is 32.2. The van der Waals surface area contributed by atoms with Crippen LogP contribution in [0.5, 0.6) is 0 Å². The van der Waals surface area contributed by atoms with Crippen molar-refractivity contribution >= 4 is 21.7 Å². The Morgan fingerprint density at radius 1 is 1.42 bits per heavy atom. The highest BCUT2D eigenvalue weighted by molar-refractivity contribution is 7.93. The van der Waals surface area contributed by atoms with Gasteiger partial charge < -0.3 is 15.7 Å². The highest BCUT2D eigenvalue weighted by Crippen LogP contribution is 2.51. The number of carboxylic acid groups (broad SMARTS) is 1. The van der Waals surface area contributed by atoms with E-state index in [1.54, 1.807) is 0 Å². The zero-order valence-electron chi connectivity index (χ0n) is 10.1. The van der Waals surface area contributed by atoms with E-state index < -0.39 is 50.2 Å². The van der Waals surface area contributed by atoms with Crippen LogP contribution < -0.4 is 10.6 Å². The fourth-order valence-electron chi connectivity index (χ4n) is 3.03. The summed E-state index contributed by atoms with van der Waals surface area (Å²) in [5, 5.41) is 14.1. The molecule has 3 N–H and O–H groups in total. The average molecular weight is 287 g/mol. The minimum atomic E-state index is -3.44. The van der Waals surface area contributed by atoms with Gasteiger partial charge in [-0.3, -0.25) is 4.79 Å². The summed E-state index contributed by atoms with van der Waals surface area (Å²) in [6.07, 6.45) is 2.98. The van der Waals surface area contributed by atoms with Crippen molar-refractivity contribution in [2.45, 2.75) is 29.7 Å². The molecule has 3 fully saturated rings. The molecule has 7 nitrogen and oxygen atoms in total. The summed E-state index contributed by atoms with van der Waals surface area (Å²) >= 11 is 0. The van der Waals surface area contributed by atoms with Crippen molar-refractivity contribution in [2.24, 2.45) is 5.92 Å². The maximum atomic E-state index is 12.0. The second-order valence-corrected chi connectivity index (χ2v) is 7.56. The van der Waals surface area contributed by atoms with Gasteiger partial charge in [0.1, 0.15) is 0 Å². The van der Waals surface area contributed by atoms with Gasteiger partial charge in [0, 0.05) is 5.92 Å². The van der Waals surface area contributed by atoms with Crippen LogP contribution in [0, 0.1) is 12.3 Å². The van der Waals surface area contributed by atoms with E-state index in [1.807, 2.05) is 0 Å². The van der Waals surface area contributed by atoms with E-state index in [-0.39, 0.29) is 0 Å². The van der Waals surface area contributed by atoms with Crippen molar-refractivity contribution in [1.82, 2.24) is 10.6 Å². The molecule has 8 heteroatoms. The van der Waals surface area contributed by atoms with Gasteiger partial charge in [0.25, 0.3) is 0 Å². The summed E-state index contributed by atoms with van der Waals surface area (Å²) in [5.41, 5.74) is -1.68. The lowest BCUT2D eigenvalue weighted by molar-refractivity contribution is -0.147. The third-order valence-electron chi connectivity index (χ3n) is 4.13. The number of carbonyl (C=O) groups excluding carboxylic acids is 1. The maximum Gasteiger partial charge on any atom is 0.330 e. The molecule has 0 aromatic rings. The van der Waals surface area contributed by atoms with Crippen LogP contribution >= 0.6 is 0 Å².